The molecular weight excluding hydrogens is 344 g/mol. The van der Waals surface area contributed by atoms with E-state index < -0.39 is 10.0 Å². The van der Waals surface area contributed by atoms with E-state index in [9.17, 15) is 13.2 Å². The van der Waals surface area contributed by atoms with Crippen molar-refractivity contribution in [2.45, 2.75) is 31.6 Å². The van der Waals surface area contributed by atoms with E-state index >= 15 is 0 Å². The topological polar surface area (TPSA) is 76.2 Å². The van der Waals surface area contributed by atoms with E-state index in [1.807, 2.05) is 6.92 Å². The molecule has 0 saturated carbocycles. The van der Waals surface area contributed by atoms with Gasteiger partial charge in [-0.05, 0) is 25.5 Å². The number of nitrogens with zero attached hydrogens (tertiary/aromatic N) is 2. The molecule has 0 unspecified atom stereocenters. The second-order valence-corrected chi connectivity index (χ2v) is 7.87. The molecule has 0 aromatic heterocycles. The van der Waals surface area contributed by atoms with Crippen LogP contribution in [0.5, 0.6) is 11.5 Å². The van der Waals surface area contributed by atoms with E-state index in [1.165, 1.54) is 24.6 Å². The third-order valence-corrected chi connectivity index (χ3v) is 6.34. The van der Waals surface area contributed by atoms with Gasteiger partial charge in [0, 0.05) is 38.2 Å². The summed E-state index contributed by atoms with van der Waals surface area (Å²) in [5, 5.41) is 0. The largest absolute Gasteiger partial charge is 0.496 e. The van der Waals surface area contributed by atoms with Crippen molar-refractivity contribution in [3.05, 3.63) is 17.7 Å². The number of piperazine rings is 1. The van der Waals surface area contributed by atoms with Crippen molar-refractivity contribution in [1.29, 1.82) is 0 Å². The zero-order valence-corrected chi connectivity index (χ0v) is 16.1. The molecule has 0 radical (unpaired) electrons. The normalized spacial score (nSPS) is 15.9. The van der Waals surface area contributed by atoms with Crippen molar-refractivity contribution in [1.82, 2.24) is 9.21 Å². The first-order valence-electron chi connectivity index (χ1n) is 8.36. The van der Waals surface area contributed by atoms with E-state index in [-0.39, 0.29) is 23.9 Å². The SMILES string of the molecule is CCCC(=O)N1CCN(S(=O)(=O)c2ccc(OC)c(C)c2OC)CC1. The number of sulfonamides is 1. The van der Waals surface area contributed by atoms with Crippen LogP contribution in [0.4, 0.5) is 0 Å². The Labute approximate surface area is 149 Å². The van der Waals surface area contributed by atoms with E-state index in [4.69, 9.17) is 9.47 Å². The number of amides is 1. The van der Waals surface area contributed by atoms with Gasteiger partial charge in [0.05, 0.1) is 14.2 Å². The van der Waals surface area contributed by atoms with Crippen LogP contribution in [0.1, 0.15) is 25.3 Å². The van der Waals surface area contributed by atoms with Crippen LogP contribution < -0.4 is 9.47 Å². The predicted molar refractivity (Wildman–Crippen MR) is 94.5 cm³/mol. The summed E-state index contributed by atoms with van der Waals surface area (Å²) in [6, 6.07) is 3.14. The van der Waals surface area contributed by atoms with E-state index in [1.54, 1.807) is 17.9 Å². The minimum absolute atomic E-state index is 0.0809. The number of hydrogen-bond acceptors (Lipinski definition) is 5. The average molecular weight is 370 g/mol. The number of benzene rings is 1. The lowest BCUT2D eigenvalue weighted by molar-refractivity contribution is -0.132. The zero-order valence-electron chi connectivity index (χ0n) is 15.2. The first-order chi connectivity index (χ1) is 11.9. The van der Waals surface area contributed by atoms with Crippen molar-refractivity contribution in [2.24, 2.45) is 0 Å². The summed E-state index contributed by atoms with van der Waals surface area (Å²) < 4.78 is 38.0. The number of rotatable bonds is 6. The highest BCUT2D eigenvalue weighted by molar-refractivity contribution is 7.89. The Morgan fingerprint density at radius 1 is 1.12 bits per heavy atom. The van der Waals surface area contributed by atoms with Gasteiger partial charge in [-0.1, -0.05) is 6.92 Å². The Morgan fingerprint density at radius 3 is 2.28 bits per heavy atom. The summed E-state index contributed by atoms with van der Waals surface area (Å²) >= 11 is 0. The Bertz CT molecular complexity index is 725. The fourth-order valence-corrected chi connectivity index (χ4v) is 4.65. The van der Waals surface area contributed by atoms with Crippen LogP contribution in [0, 0.1) is 6.92 Å². The number of ether oxygens (including phenoxy) is 2. The maximum Gasteiger partial charge on any atom is 0.246 e. The van der Waals surface area contributed by atoms with Crippen molar-refractivity contribution < 1.29 is 22.7 Å². The first kappa shape index (κ1) is 19.5. The Balaban J connectivity index is 2.23. The molecule has 1 amide bonds. The second kappa shape index (κ2) is 8.05. The molecule has 0 N–H and O–H groups in total. The molecule has 1 heterocycles. The molecule has 1 aliphatic rings. The molecule has 0 spiro atoms. The lowest BCUT2D eigenvalue weighted by Crippen LogP contribution is -2.50. The van der Waals surface area contributed by atoms with Gasteiger partial charge in [-0.3, -0.25) is 4.79 Å². The maximum absolute atomic E-state index is 13.0. The van der Waals surface area contributed by atoms with E-state index in [2.05, 4.69) is 0 Å². The highest BCUT2D eigenvalue weighted by atomic mass is 32.2. The maximum atomic E-state index is 13.0. The Kier molecular flexibility index (Phi) is 6.29. The molecule has 140 valence electrons. The highest BCUT2D eigenvalue weighted by Crippen LogP contribution is 2.35. The molecule has 2 rings (SSSR count). The number of methoxy groups -OCH3 is 2. The summed E-state index contributed by atoms with van der Waals surface area (Å²) in [7, 11) is -0.722. The second-order valence-electron chi connectivity index (χ2n) is 5.96. The molecule has 1 aromatic rings. The van der Waals surface area contributed by atoms with Gasteiger partial charge in [0.15, 0.2) is 0 Å². The molecule has 1 aliphatic heterocycles. The summed E-state index contributed by atoms with van der Waals surface area (Å²) in [6.45, 7) is 5.11. The van der Waals surface area contributed by atoms with Crippen molar-refractivity contribution >= 4 is 15.9 Å². The molecule has 0 bridgehead atoms. The number of carbonyl (C=O) groups excluding carboxylic acids is 1. The van der Waals surface area contributed by atoms with Gasteiger partial charge < -0.3 is 14.4 Å². The minimum Gasteiger partial charge on any atom is -0.496 e. The van der Waals surface area contributed by atoms with Crippen LogP contribution in [-0.2, 0) is 14.8 Å². The molecule has 0 atom stereocenters. The lowest BCUT2D eigenvalue weighted by Gasteiger charge is -2.34. The molecule has 1 aromatic carbocycles. The van der Waals surface area contributed by atoms with E-state index in [0.29, 0.717) is 36.6 Å². The first-order valence-corrected chi connectivity index (χ1v) is 9.80. The predicted octanol–water partition coefficient (Wildman–Crippen LogP) is 1.65. The fraction of sp³-hybridized carbons (Fsp3) is 0.588. The van der Waals surface area contributed by atoms with Crippen LogP contribution >= 0.6 is 0 Å². The van der Waals surface area contributed by atoms with Crippen molar-refractivity contribution in [3.63, 3.8) is 0 Å². The molecule has 0 aliphatic carbocycles. The van der Waals surface area contributed by atoms with Gasteiger partial charge in [-0.2, -0.15) is 4.31 Å². The van der Waals surface area contributed by atoms with Crippen LogP contribution in [0.25, 0.3) is 0 Å². The molecule has 1 saturated heterocycles. The average Bonchev–Trinajstić information content (AvgIpc) is 2.61. The quantitative estimate of drug-likeness (QED) is 0.761. The molecule has 8 heteroatoms. The summed E-state index contributed by atoms with van der Waals surface area (Å²) in [5.74, 6) is 0.951. The lowest BCUT2D eigenvalue weighted by atomic mass is 10.2. The van der Waals surface area contributed by atoms with Crippen LogP contribution in [0.3, 0.4) is 0 Å². The molecular formula is C17H26N2O5S. The van der Waals surface area contributed by atoms with Gasteiger partial charge in [-0.15, -0.1) is 0 Å². The van der Waals surface area contributed by atoms with Crippen molar-refractivity contribution in [3.8, 4) is 11.5 Å². The Morgan fingerprint density at radius 2 is 1.76 bits per heavy atom. The summed E-state index contributed by atoms with van der Waals surface area (Å²) in [6.07, 6.45) is 1.29. The third kappa shape index (κ3) is 3.90. The van der Waals surface area contributed by atoms with Gasteiger partial charge >= 0.3 is 0 Å². The smallest absolute Gasteiger partial charge is 0.246 e. The van der Waals surface area contributed by atoms with Gasteiger partial charge in [0.25, 0.3) is 0 Å². The number of hydrogen-bond donors (Lipinski definition) is 0. The van der Waals surface area contributed by atoms with Crippen LogP contribution in [0.2, 0.25) is 0 Å². The van der Waals surface area contributed by atoms with E-state index in [0.717, 1.165) is 6.42 Å². The third-order valence-electron chi connectivity index (χ3n) is 4.42. The number of carbonyl (C=O) groups is 1. The molecule has 1 fully saturated rings. The van der Waals surface area contributed by atoms with Gasteiger partial charge in [0.1, 0.15) is 16.4 Å². The highest BCUT2D eigenvalue weighted by Gasteiger charge is 2.32. The minimum atomic E-state index is -3.70. The van der Waals surface area contributed by atoms with Gasteiger partial charge in [0.2, 0.25) is 15.9 Å². The van der Waals surface area contributed by atoms with Gasteiger partial charge in [-0.25, -0.2) is 8.42 Å². The molecule has 7 nitrogen and oxygen atoms in total. The zero-order chi connectivity index (χ0) is 18.6. The summed E-state index contributed by atoms with van der Waals surface area (Å²) in [4.78, 5) is 13.8. The summed E-state index contributed by atoms with van der Waals surface area (Å²) in [5.41, 5.74) is 0.642. The Hall–Kier alpha value is -1.80. The monoisotopic (exact) mass is 370 g/mol. The van der Waals surface area contributed by atoms with Crippen LogP contribution in [-0.4, -0.2) is 63.9 Å². The fourth-order valence-electron chi connectivity index (χ4n) is 3.02. The molecule has 25 heavy (non-hydrogen) atoms. The van der Waals surface area contributed by atoms with Crippen molar-refractivity contribution in [2.75, 3.05) is 40.4 Å². The van der Waals surface area contributed by atoms with Crippen LogP contribution in [0.15, 0.2) is 17.0 Å². The standard InChI is InChI=1S/C17H26N2O5S/c1-5-6-16(20)18-9-11-19(12-10-18)25(21,22)15-8-7-14(23-3)13(2)17(15)24-4/h7-8H,5-6,9-12H2,1-4H3.